The number of ether oxygens (including phenoxy) is 1. The molecule has 9 heteroatoms. The lowest BCUT2D eigenvalue weighted by molar-refractivity contribution is -0.113. The van der Waals surface area contributed by atoms with Gasteiger partial charge in [-0.15, -0.1) is 21.5 Å². The molecular weight excluding hydrogens is 444 g/mol. The molecule has 0 fully saturated rings. The Kier molecular flexibility index (Phi) is 6.87. The average Bonchev–Trinajstić information content (AvgIpc) is 3.37. The van der Waals surface area contributed by atoms with Crippen LogP contribution in [0.3, 0.4) is 0 Å². The van der Waals surface area contributed by atoms with Crippen LogP contribution in [0.5, 0.6) is 5.75 Å². The molecule has 0 atom stereocenters. The fourth-order valence-corrected chi connectivity index (χ4v) is 4.54. The van der Waals surface area contributed by atoms with Gasteiger partial charge in [-0.05, 0) is 44.0 Å². The van der Waals surface area contributed by atoms with Crippen molar-refractivity contribution in [2.75, 3.05) is 11.1 Å². The van der Waals surface area contributed by atoms with E-state index in [0.717, 1.165) is 33.0 Å². The molecule has 0 aliphatic heterocycles. The van der Waals surface area contributed by atoms with Crippen molar-refractivity contribution in [3.05, 3.63) is 70.4 Å². The number of anilines is 1. The number of thiazole rings is 1. The van der Waals surface area contributed by atoms with Crippen LogP contribution in [0.15, 0.2) is 58.2 Å². The number of aromatic nitrogens is 3. The van der Waals surface area contributed by atoms with Crippen molar-refractivity contribution in [1.82, 2.24) is 15.2 Å². The molecule has 0 saturated carbocycles. The Morgan fingerprint density at radius 3 is 2.59 bits per heavy atom. The number of nitrogens with one attached hydrogen (secondary N) is 1. The van der Waals surface area contributed by atoms with Gasteiger partial charge in [-0.2, -0.15) is 0 Å². The molecule has 0 radical (unpaired) electrons. The Morgan fingerprint density at radius 1 is 1.09 bits per heavy atom. The molecule has 4 aromatic rings. The van der Waals surface area contributed by atoms with Crippen LogP contribution in [0.2, 0.25) is 0 Å². The van der Waals surface area contributed by atoms with Gasteiger partial charge in [0.1, 0.15) is 5.75 Å². The molecule has 2 aromatic carbocycles. The molecule has 32 heavy (non-hydrogen) atoms. The first kappa shape index (κ1) is 22.0. The van der Waals surface area contributed by atoms with E-state index in [1.807, 2.05) is 63.2 Å². The number of carbonyl (C=O) groups is 1. The summed E-state index contributed by atoms with van der Waals surface area (Å²) in [6.07, 6.45) is 0. The number of amides is 1. The van der Waals surface area contributed by atoms with Crippen LogP contribution in [0, 0.1) is 20.8 Å². The number of hydrogen-bond acceptors (Lipinski definition) is 8. The van der Waals surface area contributed by atoms with Crippen molar-refractivity contribution in [2.24, 2.45) is 0 Å². The number of carbonyl (C=O) groups excluding carboxylic acids is 1. The maximum atomic E-state index is 12.3. The first-order chi connectivity index (χ1) is 15.5. The number of benzene rings is 2. The first-order valence-corrected chi connectivity index (χ1v) is 11.8. The van der Waals surface area contributed by atoms with E-state index >= 15 is 0 Å². The van der Waals surface area contributed by atoms with Crippen molar-refractivity contribution < 1.29 is 13.9 Å². The van der Waals surface area contributed by atoms with Crippen LogP contribution >= 0.6 is 23.1 Å². The normalized spacial score (nSPS) is 10.8. The highest BCUT2D eigenvalue weighted by atomic mass is 32.2. The maximum Gasteiger partial charge on any atom is 0.277 e. The lowest BCUT2D eigenvalue weighted by atomic mass is 10.1. The molecule has 1 amide bonds. The van der Waals surface area contributed by atoms with Crippen LogP contribution < -0.4 is 10.1 Å². The molecule has 0 aliphatic carbocycles. The third kappa shape index (κ3) is 5.74. The van der Waals surface area contributed by atoms with Gasteiger partial charge in [-0.25, -0.2) is 4.98 Å². The predicted octanol–water partition coefficient (Wildman–Crippen LogP) is 5.43. The number of thioether (sulfide) groups is 1. The third-order valence-electron chi connectivity index (χ3n) is 4.42. The molecule has 2 heterocycles. The van der Waals surface area contributed by atoms with E-state index in [9.17, 15) is 4.79 Å². The van der Waals surface area contributed by atoms with Gasteiger partial charge < -0.3 is 14.5 Å². The zero-order valence-electron chi connectivity index (χ0n) is 17.9. The summed E-state index contributed by atoms with van der Waals surface area (Å²) in [4.78, 5) is 17.9. The van der Waals surface area contributed by atoms with Gasteiger partial charge in [0.25, 0.3) is 11.1 Å². The Bertz CT molecular complexity index is 1200. The van der Waals surface area contributed by atoms with Crippen molar-refractivity contribution in [2.45, 2.75) is 32.6 Å². The minimum Gasteiger partial charge on any atom is -0.484 e. The number of nitrogens with zero attached hydrogens (tertiary/aromatic N) is 3. The molecule has 2 aromatic heterocycles. The molecule has 164 valence electrons. The SMILES string of the molecule is Cc1cc(C)cc(OCc2nnc(SCC(=O)Nc3nc(-c4ccccc4)c(C)s3)o2)c1. The van der Waals surface area contributed by atoms with E-state index in [1.54, 1.807) is 0 Å². The summed E-state index contributed by atoms with van der Waals surface area (Å²) in [7, 11) is 0. The summed E-state index contributed by atoms with van der Waals surface area (Å²) in [5.74, 6) is 1.06. The van der Waals surface area contributed by atoms with Crippen molar-refractivity contribution in [3.8, 4) is 17.0 Å². The topological polar surface area (TPSA) is 90.1 Å². The fourth-order valence-electron chi connectivity index (χ4n) is 3.11. The summed E-state index contributed by atoms with van der Waals surface area (Å²) in [6.45, 7) is 6.19. The lowest BCUT2D eigenvalue weighted by Gasteiger charge is -2.05. The molecule has 0 aliphatic rings. The molecular formula is C23H22N4O3S2. The lowest BCUT2D eigenvalue weighted by Crippen LogP contribution is -2.13. The van der Waals surface area contributed by atoms with Gasteiger partial charge in [0.15, 0.2) is 11.7 Å². The van der Waals surface area contributed by atoms with Crippen LogP contribution in [-0.2, 0) is 11.4 Å². The van der Waals surface area contributed by atoms with Gasteiger partial charge >= 0.3 is 0 Å². The maximum absolute atomic E-state index is 12.3. The largest absolute Gasteiger partial charge is 0.484 e. The Labute approximate surface area is 194 Å². The summed E-state index contributed by atoms with van der Waals surface area (Å²) in [6, 6.07) is 15.9. The highest BCUT2D eigenvalue weighted by molar-refractivity contribution is 7.99. The number of hydrogen-bond donors (Lipinski definition) is 1. The minimum atomic E-state index is -0.186. The second-order valence-corrected chi connectivity index (χ2v) is 9.33. The summed E-state index contributed by atoms with van der Waals surface area (Å²) in [5.41, 5.74) is 4.15. The van der Waals surface area contributed by atoms with E-state index in [4.69, 9.17) is 9.15 Å². The number of rotatable bonds is 8. The molecule has 0 unspecified atom stereocenters. The monoisotopic (exact) mass is 466 g/mol. The van der Waals surface area contributed by atoms with Crippen molar-refractivity contribution >= 4 is 34.1 Å². The van der Waals surface area contributed by atoms with Gasteiger partial charge in [0.2, 0.25) is 5.91 Å². The summed E-state index contributed by atoms with van der Waals surface area (Å²) in [5, 5.41) is 11.7. The van der Waals surface area contributed by atoms with E-state index < -0.39 is 0 Å². The smallest absolute Gasteiger partial charge is 0.277 e. The molecule has 0 saturated heterocycles. The second kappa shape index (κ2) is 9.97. The van der Waals surface area contributed by atoms with Gasteiger partial charge in [-0.3, -0.25) is 4.79 Å². The van der Waals surface area contributed by atoms with Crippen molar-refractivity contribution in [3.63, 3.8) is 0 Å². The molecule has 4 rings (SSSR count). The molecule has 0 bridgehead atoms. The fraction of sp³-hybridized carbons (Fsp3) is 0.217. The standard InChI is InChI=1S/C23H22N4O3S2/c1-14-9-15(2)11-18(10-14)29-12-20-26-27-23(30-20)31-13-19(28)24-22-25-21(16(3)32-22)17-7-5-4-6-8-17/h4-11H,12-13H2,1-3H3,(H,24,25,28). The van der Waals surface area contributed by atoms with Gasteiger partial charge in [0.05, 0.1) is 11.4 Å². The first-order valence-electron chi connectivity index (χ1n) is 9.95. The average molecular weight is 467 g/mol. The Balaban J connectivity index is 1.28. The Morgan fingerprint density at radius 2 is 1.84 bits per heavy atom. The summed E-state index contributed by atoms with van der Waals surface area (Å²) >= 11 is 2.62. The van der Waals surface area contributed by atoms with E-state index in [1.165, 1.54) is 23.1 Å². The van der Waals surface area contributed by atoms with E-state index in [2.05, 4.69) is 26.6 Å². The predicted molar refractivity (Wildman–Crippen MR) is 126 cm³/mol. The third-order valence-corrected chi connectivity index (χ3v) is 6.13. The molecule has 0 spiro atoms. The number of aryl methyl sites for hydroxylation is 3. The quantitative estimate of drug-likeness (QED) is 0.346. The van der Waals surface area contributed by atoms with Crippen molar-refractivity contribution in [1.29, 1.82) is 0 Å². The van der Waals surface area contributed by atoms with Gasteiger partial charge in [-0.1, -0.05) is 48.2 Å². The highest BCUT2D eigenvalue weighted by Crippen LogP contribution is 2.30. The van der Waals surface area contributed by atoms with Crippen LogP contribution in [0.25, 0.3) is 11.3 Å². The molecule has 1 N–H and O–H groups in total. The summed E-state index contributed by atoms with van der Waals surface area (Å²) < 4.78 is 11.3. The highest BCUT2D eigenvalue weighted by Gasteiger charge is 2.14. The zero-order valence-corrected chi connectivity index (χ0v) is 19.5. The molecule has 7 nitrogen and oxygen atoms in total. The van der Waals surface area contributed by atoms with E-state index in [-0.39, 0.29) is 18.3 Å². The second-order valence-electron chi connectivity index (χ2n) is 7.20. The minimum absolute atomic E-state index is 0.138. The van der Waals surface area contributed by atoms with Crippen LogP contribution in [0.1, 0.15) is 21.9 Å². The van der Waals surface area contributed by atoms with Crippen LogP contribution in [0.4, 0.5) is 5.13 Å². The zero-order chi connectivity index (χ0) is 22.5. The van der Waals surface area contributed by atoms with Gasteiger partial charge in [0, 0.05) is 10.4 Å². The van der Waals surface area contributed by atoms with Crippen LogP contribution in [-0.4, -0.2) is 26.8 Å². The Hall–Kier alpha value is -3.17. The van der Waals surface area contributed by atoms with E-state index in [0.29, 0.717) is 16.2 Å².